The molecule has 0 bridgehead atoms. The average molecular weight is 560 g/mol. The maximum atomic E-state index is 13.5. The smallest absolute Gasteiger partial charge is 0.369 e. The molecule has 0 aromatic heterocycles. The lowest BCUT2D eigenvalue weighted by Gasteiger charge is -2.29. The lowest BCUT2D eigenvalue weighted by molar-refractivity contribution is -0.139. The van der Waals surface area contributed by atoms with Crippen LogP contribution in [0.2, 0.25) is 0 Å². The molecule has 1 aliphatic heterocycles. The highest BCUT2D eigenvalue weighted by atomic mass is 19.4. The van der Waals surface area contributed by atoms with E-state index in [9.17, 15) is 27.6 Å². The maximum Gasteiger partial charge on any atom is 0.416 e. The van der Waals surface area contributed by atoms with Crippen LogP contribution in [0.5, 0.6) is 0 Å². The van der Waals surface area contributed by atoms with Gasteiger partial charge in [-0.1, -0.05) is 63.6 Å². The number of benzene rings is 2. The van der Waals surface area contributed by atoms with E-state index < -0.39 is 35.5 Å². The summed E-state index contributed by atoms with van der Waals surface area (Å²) in [6.45, 7) is 6.84. The number of carbonyl (C=O) groups is 3. The second-order valence-corrected chi connectivity index (χ2v) is 11.1. The van der Waals surface area contributed by atoms with Crippen molar-refractivity contribution in [2.75, 3.05) is 6.54 Å². The Kier molecular flexibility index (Phi) is 10.8. The van der Waals surface area contributed by atoms with Crippen molar-refractivity contribution in [3.8, 4) is 11.1 Å². The number of alkyl halides is 3. The van der Waals surface area contributed by atoms with Gasteiger partial charge in [0.25, 0.3) is 0 Å². The van der Waals surface area contributed by atoms with E-state index in [2.05, 4.69) is 5.32 Å². The summed E-state index contributed by atoms with van der Waals surface area (Å²) < 4.78 is 38.6. The second kappa shape index (κ2) is 13.8. The quantitative estimate of drug-likeness (QED) is 0.357. The van der Waals surface area contributed by atoms with E-state index in [0.717, 1.165) is 42.5 Å². The fourth-order valence-electron chi connectivity index (χ4n) is 5.36. The molecule has 218 valence electrons. The summed E-state index contributed by atoms with van der Waals surface area (Å²) in [5.74, 6) is -1.93. The third-order valence-corrected chi connectivity index (χ3v) is 7.48. The van der Waals surface area contributed by atoms with Gasteiger partial charge in [0, 0.05) is 24.9 Å². The van der Waals surface area contributed by atoms with Crippen LogP contribution in [0.15, 0.2) is 48.5 Å². The minimum absolute atomic E-state index is 0.160. The highest BCUT2D eigenvalue weighted by Crippen LogP contribution is 2.31. The van der Waals surface area contributed by atoms with Crippen molar-refractivity contribution >= 4 is 17.7 Å². The number of primary amides is 1. The Hall–Kier alpha value is -3.36. The highest BCUT2D eigenvalue weighted by Gasteiger charge is 2.36. The van der Waals surface area contributed by atoms with Crippen molar-refractivity contribution in [2.24, 2.45) is 23.5 Å². The molecule has 0 aliphatic carbocycles. The molecule has 0 radical (unpaired) electrons. The van der Waals surface area contributed by atoms with Crippen LogP contribution in [0, 0.1) is 17.8 Å². The average Bonchev–Trinajstić information content (AvgIpc) is 3.06. The number of halogens is 3. The number of carbonyl (C=O) groups excluding carboxylic acids is 3. The largest absolute Gasteiger partial charge is 0.416 e. The molecule has 3 rings (SSSR count). The van der Waals surface area contributed by atoms with E-state index in [0.29, 0.717) is 37.9 Å². The summed E-state index contributed by atoms with van der Waals surface area (Å²) in [7, 11) is 0. The molecular weight excluding hydrogens is 519 g/mol. The Morgan fingerprint density at radius 3 is 2.12 bits per heavy atom. The molecule has 9 heteroatoms. The first kappa shape index (κ1) is 31.2. The van der Waals surface area contributed by atoms with Gasteiger partial charge in [-0.25, -0.2) is 0 Å². The van der Waals surface area contributed by atoms with Gasteiger partial charge in [0.2, 0.25) is 17.7 Å². The number of nitrogens with zero attached hydrogens (tertiary/aromatic N) is 1. The van der Waals surface area contributed by atoms with E-state index >= 15 is 0 Å². The fraction of sp³-hybridized carbons (Fsp3) is 0.516. The molecule has 3 amide bonds. The summed E-state index contributed by atoms with van der Waals surface area (Å²) in [6, 6.07) is 11.7. The molecule has 1 aliphatic rings. The zero-order valence-corrected chi connectivity index (χ0v) is 23.5. The second-order valence-electron chi connectivity index (χ2n) is 11.1. The lowest BCUT2D eigenvalue weighted by atomic mass is 9.81. The van der Waals surface area contributed by atoms with Crippen molar-refractivity contribution in [2.45, 2.75) is 78.1 Å². The molecule has 1 saturated heterocycles. The van der Waals surface area contributed by atoms with Crippen LogP contribution < -0.4 is 11.1 Å². The van der Waals surface area contributed by atoms with E-state index in [-0.39, 0.29) is 17.7 Å². The van der Waals surface area contributed by atoms with E-state index in [1.165, 1.54) is 12.1 Å². The van der Waals surface area contributed by atoms with Crippen molar-refractivity contribution in [1.82, 2.24) is 10.2 Å². The summed E-state index contributed by atoms with van der Waals surface area (Å²) in [4.78, 5) is 40.8. The molecule has 3 atom stereocenters. The van der Waals surface area contributed by atoms with Crippen LogP contribution in [0.1, 0.15) is 70.4 Å². The topological polar surface area (TPSA) is 92.5 Å². The predicted molar refractivity (Wildman–Crippen MR) is 149 cm³/mol. The summed E-state index contributed by atoms with van der Waals surface area (Å²) >= 11 is 0. The van der Waals surface area contributed by atoms with Crippen LogP contribution in [-0.2, 0) is 27.1 Å². The summed E-state index contributed by atoms with van der Waals surface area (Å²) in [6.07, 6.45) is -0.517. The third kappa shape index (κ3) is 8.32. The van der Waals surface area contributed by atoms with Gasteiger partial charge in [0.05, 0.1) is 5.56 Å². The number of rotatable bonds is 11. The van der Waals surface area contributed by atoms with E-state index in [1.807, 2.05) is 45.0 Å². The standard InChI is InChI=1S/C31H40F3N3O3/c1-4-7-25(28(35)38)26(18-20(2)3)29(39)36-27-8-5-6-17-37(30(27)40)19-21-9-11-22(12-10-21)23-13-15-24(16-14-23)31(32,33)34/h9-16,20,25-27H,4-8,17-19H2,1-3H3,(H2,35,38)(H,36,39)/t25?,26-,27+/m1/s1. The van der Waals surface area contributed by atoms with Crippen LogP contribution in [0.4, 0.5) is 13.2 Å². The molecule has 3 N–H and O–H groups in total. The predicted octanol–water partition coefficient (Wildman–Crippen LogP) is 5.93. The van der Waals surface area contributed by atoms with E-state index in [4.69, 9.17) is 5.73 Å². The number of nitrogens with two attached hydrogens (primary N) is 1. The maximum absolute atomic E-state index is 13.5. The summed E-state index contributed by atoms with van der Waals surface area (Å²) in [5.41, 5.74) is 7.29. The molecule has 2 aromatic carbocycles. The first-order chi connectivity index (χ1) is 18.9. The first-order valence-corrected chi connectivity index (χ1v) is 14.1. The Labute approximate surface area is 234 Å². The Morgan fingerprint density at radius 1 is 1.00 bits per heavy atom. The number of nitrogens with one attached hydrogen (secondary N) is 1. The van der Waals surface area contributed by atoms with Gasteiger partial charge in [-0.15, -0.1) is 0 Å². The Balaban J connectivity index is 1.70. The van der Waals surface area contributed by atoms with Crippen molar-refractivity contribution in [3.05, 3.63) is 59.7 Å². The zero-order valence-electron chi connectivity index (χ0n) is 23.5. The lowest BCUT2D eigenvalue weighted by Crippen LogP contribution is -2.50. The van der Waals surface area contributed by atoms with Crippen molar-refractivity contribution in [1.29, 1.82) is 0 Å². The van der Waals surface area contributed by atoms with Crippen LogP contribution in [-0.4, -0.2) is 35.2 Å². The molecule has 40 heavy (non-hydrogen) atoms. The molecule has 0 saturated carbocycles. The number of likely N-dealkylation sites (tertiary alicyclic amines) is 1. The van der Waals surface area contributed by atoms with Crippen molar-refractivity contribution < 1.29 is 27.6 Å². The van der Waals surface area contributed by atoms with Crippen LogP contribution in [0.3, 0.4) is 0 Å². The zero-order chi connectivity index (χ0) is 29.4. The van der Waals surface area contributed by atoms with Crippen LogP contribution in [0.25, 0.3) is 11.1 Å². The molecule has 6 nitrogen and oxygen atoms in total. The molecule has 1 unspecified atom stereocenters. The molecular formula is C31H40F3N3O3. The van der Waals surface area contributed by atoms with Gasteiger partial charge in [-0.05, 0) is 66.8 Å². The first-order valence-electron chi connectivity index (χ1n) is 14.1. The van der Waals surface area contributed by atoms with E-state index in [1.54, 1.807) is 4.90 Å². The minimum atomic E-state index is -4.38. The Morgan fingerprint density at radius 2 is 1.60 bits per heavy atom. The number of amides is 3. The Bertz CT molecular complexity index is 1150. The van der Waals surface area contributed by atoms with Gasteiger partial charge in [-0.3, -0.25) is 14.4 Å². The van der Waals surface area contributed by atoms with Gasteiger partial charge < -0.3 is 16.0 Å². The van der Waals surface area contributed by atoms with Crippen LogP contribution >= 0.6 is 0 Å². The molecule has 2 aromatic rings. The summed E-state index contributed by atoms with van der Waals surface area (Å²) in [5, 5.41) is 2.95. The van der Waals surface area contributed by atoms with Gasteiger partial charge in [0.15, 0.2) is 0 Å². The number of hydrogen-bond acceptors (Lipinski definition) is 3. The normalized spacial score (nSPS) is 17.8. The SMILES string of the molecule is CCCC(C(N)=O)[C@@H](CC(C)C)C(=O)N[C@H]1CCCCN(Cc2ccc(-c3ccc(C(F)(F)F)cc3)cc2)C1=O. The number of hydrogen-bond donors (Lipinski definition) is 2. The van der Waals surface area contributed by atoms with Gasteiger partial charge in [-0.2, -0.15) is 13.2 Å². The van der Waals surface area contributed by atoms with Gasteiger partial charge >= 0.3 is 6.18 Å². The fourth-order valence-corrected chi connectivity index (χ4v) is 5.36. The third-order valence-electron chi connectivity index (χ3n) is 7.48. The highest BCUT2D eigenvalue weighted by molar-refractivity contribution is 5.91. The molecule has 0 spiro atoms. The monoisotopic (exact) mass is 559 g/mol. The molecule has 1 heterocycles. The minimum Gasteiger partial charge on any atom is -0.369 e. The molecule has 1 fully saturated rings. The van der Waals surface area contributed by atoms with Crippen molar-refractivity contribution in [3.63, 3.8) is 0 Å². The van der Waals surface area contributed by atoms with Gasteiger partial charge in [0.1, 0.15) is 6.04 Å².